The van der Waals surface area contributed by atoms with Crippen molar-refractivity contribution in [3.8, 4) is 0 Å². The van der Waals surface area contributed by atoms with Crippen LogP contribution < -0.4 is 0 Å². The smallest absolute Gasteiger partial charge is 0.150 e. The average Bonchev–Trinajstić information content (AvgIpc) is 2.27. The summed E-state index contributed by atoms with van der Waals surface area (Å²) < 4.78 is 17.4. The molecule has 0 radical (unpaired) electrons. The van der Waals surface area contributed by atoms with Crippen molar-refractivity contribution in [2.45, 2.75) is 10.9 Å². The highest BCUT2D eigenvalue weighted by Gasteiger charge is 2.17. The molecule has 2 unspecified atom stereocenters. The quantitative estimate of drug-likeness (QED) is 0.472. The molecule has 4 N–H and O–H groups in total. The summed E-state index contributed by atoms with van der Waals surface area (Å²) in [5.74, 6) is 0. The van der Waals surface area contributed by atoms with Gasteiger partial charge in [-0.3, -0.25) is 0 Å². The number of hydrogen-bond acceptors (Lipinski definition) is 6. The van der Waals surface area contributed by atoms with Crippen LogP contribution in [0.25, 0.3) is 0 Å². The summed E-state index contributed by atoms with van der Waals surface area (Å²) >= 11 is 0.547. The number of rotatable bonds is 4. The summed E-state index contributed by atoms with van der Waals surface area (Å²) in [5, 5.41) is 18.7. The molecule has 0 saturated carbocycles. The molecule has 0 aromatic heterocycles. The van der Waals surface area contributed by atoms with Crippen molar-refractivity contribution < 1.29 is 19.3 Å². The van der Waals surface area contributed by atoms with Crippen LogP contribution in [0.3, 0.4) is 0 Å². The molecule has 0 saturated heterocycles. The molecule has 0 heterocycles. The Morgan fingerprint density at radius 3 is 1.50 bits per heavy atom. The molecule has 0 amide bonds. The molecule has 4 nitrogen and oxygen atoms in total. The van der Waals surface area contributed by atoms with Crippen molar-refractivity contribution in [3.05, 3.63) is 35.4 Å². The molecule has 0 spiro atoms. The van der Waals surface area contributed by atoms with Crippen molar-refractivity contribution in [3.63, 3.8) is 0 Å². The van der Waals surface area contributed by atoms with Crippen molar-refractivity contribution in [1.82, 2.24) is 0 Å². The summed E-state index contributed by atoms with van der Waals surface area (Å²) in [6.07, 6.45) is 0. The second-order valence-corrected chi connectivity index (χ2v) is 3.86. The van der Waals surface area contributed by atoms with Crippen molar-refractivity contribution in [1.29, 1.82) is 0 Å². The van der Waals surface area contributed by atoms with Gasteiger partial charge in [0, 0.05) is 24.1 Å². The topological polar surface area (TPSA) is 80.9 Å². The fourth-order valence-corrected chi connectivity index (χ4v) is 1.73. The van der Waals surface area contributed by atoms with Gasteiger partial charge in [0.15, 0.2) is 10.9 Å². The normalized spacial score (nSPS) is 15.1. The van der Waals surface area contributed by atoms with Gasteiger partial charge in [-0.05, 0) is 11.1 Å². The van der Waals surface area contributed by atoms with E-state index < -0.39 is 10.9 Å². The van der Waals surface area contributed by atoms with Gasteiger partial charge in [-0.1, -0.05) is 24.3 Å². The molecule has 1 rings (SSSR count). The Balaban J connectivity index is 3.02. The zero-order chi connectivity index (χ0) is 10.6. The lowest BCUT2D eigenvalue weighted by Gasteiger charge is -2.14. The predicted molar refractivity (Wildman–Crippen MR) is 56.8 cm³/mol. The number of benzene rings is 1. The molecule has 0 aliphatic carbocycles. The van der Waals surface area contributed by atoms with Crippen LogP contribution >= 0.6 is 24.1 Å². The Hall–Kier alpha value is -0.240. The largest absolute Gasteiger partial charge is 0.376 e. The predicted octanol–water partition coefficient (Wildman–Crippen LogP) is 2.08. The molecule has 1 aromatic carbocycles. The highest BCUT2D eigenvalue weighted by Crippen LogP contribution is 2.33. The first-order chi connectivity index (χ1) is 6.70. The van der Waals surface area contributed by atoms with E-state index in [-0.39, 0.29) is 24.1 Å². The van der Waals surface area contributed by atoms with Crippen LogP contribution in [0.5, 0.6) is 0 Å². The maximum absolute atomic E-state index is 9.37. The summed E-state index contributed by atoms with van der Waals surface area (Å²) in [4.78, 5) is 0. The zero-order valence-corrected chi connectivity index (χ0v) is 8.70. The van der Waals surface area contributed by atoms with E-state index in [1.807, 2.05) is 0 Å². The molecule has 14 heavy (non-hydrogen) atoms. The average molecular weight is 234 g/mol. The summed E-state index contributed by atoms with van der Waals surface area (Å²) in [6.45, 7) is 0. The first-order valence-electron chi connectivity index (χ1n) is 3.76. The van der Waals surface area contributed by atoms with Crippen molar-refractivity contribution >= 4 is 24.1 Å². The first kappa shape index (κ1) is 11.8. The molecular weight excluding hydrogens is 224 g/mol. The van der Waals surface area contributed by atoms with Crippen molar-refractivity contribution in [2.75, 3.05) is 0 Å². The van der Waals surface area contributed by atoms with Crippen LogP contribution in [0.4, 0.5) is 0 Å². The minimum Gasteiger partial charge on any atom is -0.376 e. The third kappa shape index (κ3) is 2.63. The first-order valence-corrected chi connectivity index (χ1v) is 5.43. The van der Waals surface area contributed by atoms with E-state index in [2.05, 4.69) is 0 Å². The Bertz CT molecular complexity index is 265. The van der Waals surface area contributed by atoms with Gasteiger partial charge in [0.25, 0.3) is 0 Å². The maximum atomic E-state index is 9.37. The minimum absolute atomic E-state index is 0.273. The lowest BCUT2D eigenvalue weighted by atomic mass is 10.1. The number of aliphatic hydroxyl groups excluding tert-OH is 2. The maximum Gasteiger partial charge on any atom is 0.150 e. The van der Waals surface area contributed by atoms with E-state index in [1.54, 1.807) is 24.3 Å². The van der Waals surface area contributed by atoms with Crippen molar-refractivity contribution in [2.24, 2.45) is 0 Å². The fraction of sp³-hybridized carbons (Fsp3) is 0.250. The van der Waals surface area contributed by atoms with E-state index in [1.165, 1.54) is 0 Å². The molecule has 0 bridgehead atoms. The summed E-state index contributed by atoms with van der Waals surface area (Å²) in [6, 6.07) is 6.49. The molecule has 0 fully saturated rings. The van der Waals surface area contributed by atoms with Gasteiger partial charge < -0.3 is 19.3 Å². The fourth-order valence-electron chi connectivity index (χ4n) is 1.07. The molecule has 78 valence electrons. The van der Waals surface area contributed by atoms with Gasteiger partial charge in [-0.2, -0.15) is 0 Å². The Morgan fingerprint density at radius 2 is 1.21 bits per heavy atom. The number of hydrogen-bond donors (Lipinski definition) is 4. The van der Waals surface area contributed by atoms with Crippen LogP contribution in [0.2, 0.25) is 0 Å². The van der Waals surface area contributed by atoms with Crippen LogP contribution in [0.15, 0.2) is 24.3 Å². The second kappa shape index (κ2) is 5.59. The third-order valence-corrected chi connectivity index (χ3v) is 2.64. The Labute approximate surface area is 90.0 Å². The van der Waals surface area contributed by atoms with E-state index >= 15 is 0 Å². The van der Waals surface area contributed by atoms with E-state index in [4.69, 9.17) is 9.11 Å². The Morgan fingerprint density at radius 1 is 0.857 bits per heavy atom. The number of aliphatic hydroxyl groups is 2. The molecule has 6 heteroatoms. The second-order valence-electron chi connectivity index (χ2n) is 2.54. The van der Waals surface area contributed by atoms with E-state index in [0.29, 0.717) is 11.1 Å². The van der Waals surface area contributed by atoms with Crippen LogP contribution in [-0.4, -0.2) is 19.3 Å². The van der Waals surface area contributed by atoms with E-state index in [0.717, 1.165) is 0 Å². The highest BCUT2D eigenvalue weighted by molar-refractivity contribution is 7.94. The lowest BCUT2D eigenvalue weighted by molar-refractivity contribution is 0.240. The molecule has 2 atom stereocenters. The standard InChI is InChI=1S/C8H10O4S2/c9-7(13-11)5-3-1-2-4-6(5)8(10)14-12/h1-4,7-12H. The monoisotopic (exact) mass is 234 g/mol. The third-order valence-electron chi connectivity index (χ3n) is 1.73. The summed E-state index contributed by atoms with van der Waals surface area (Å²) in [7, 11) is 0. The minimum atomic E-state index is -1.12. The van der Waals surface area contributed by atoms with Gasteiger partial charge in [0.1, 0.15) is 0 Å². The van der Waals surface area contributed by atoms with Crippen LogP contribution in [0.1, 0.15) is 22.0 Å². The van der Waals surface area contributed by atoms with Gasteiger partial charge >= 0.3 is 0 Å². The molecule has 0 aliphatic rings. The Kier molecular flexibility index (Phi) is 4.73. The summed E-state index contributed by atoms with van der Waals surface area (Å²) in [5.41, 5.74) is -1.47. The van der Waals surface area contributed by atoms with Gasteiger partial charge in [0.05, 0.1) is 0 Å². The van der Waals surface area contributed by atoms with Gasteiger partial charge in [0.2, 0.25) is 0 Å². The molecule has 1 aromatic rings. The van der Waals surface area contributed by atoms with Crippen LogP contribution in [-0.2, 0) is 0 Å². The van der Waals surface area contributed by atoms with Gasteiger partial charge in [-0.25, -0.2) is 0 Å². The lowest BCUT2D eigenvalue weighted by Crippen LogP contribution is -2.01. The highest BCUT2D eigenvalue weighted by atomic mass is 32.2. The van der Waals surface area contributed by atoms with Crippen LogP contribution in [0, 0.1) is 0 Å². The zero-order valence-electron chi connectivity index (χ0n) is 7.07. The molecule has 0 aliphatic heterocycles. The molecular formula is C8H10O4S2. The SMILES string of the molecule is OSC(O)c1ccccc1C(O)SO. The van der Waals surface area contributed by atoms with Gasteiger partial charge in [-0.15, -0.1) is 0 Å². The van der Waals surface area contributed by atoms with E-state index in [9.17, 15) is 10.2 Å².